The molecule has 0 aliphatic heterocycles. The van der Waals surface area contributed by atoms with Crippen LogP contribution in [0.2, 0.25) is 0 Å². The summed E-state index contributed by atoms with van der Waals surface area (Å²) < 4.78 is 0. The first-order chi connectivity index (χ1) is 7.63. The Morgan fingerprint density at radius 2 is 2.06 bits per heavy atom. The molecule has 0 unspecified atom stereocenters. The molecule has 0 saturated carbocycles. The van der Waals surface area contributed by atoms with E-state index < -0.39 is 5.97 Å². The Labute approximate surface area is 124 Å². The second-order valence-corrected chi connectivity index (χ2v) is 3.97. The second kappa shape index (κ2) is 8.56. The van der Waals surface area contributed by atoms with Crippen molar-refractivity contribution in [1.29, 1.82) is 0 Å². The van der Waals surface area contributed by atoms with Gasteiger partial charge in [0, 0.05) is 12.4 Å². The van der Waals surface area contributed by atoms with Crippen LogP contribution in [-0.2, 0) is 17.6 Å². The van der Waals surface area contributed by atoms with E-state index in [1.54, 1.807) is 12.1 Å². The molecule has 17 heavy (non-hydrogen) atoms. The summed E-state index contributed by atoms with van der Waals surface area (Å²) in [5.41, 5.74) is 1.51. The van der Waals surface area contributed by atoms with Gasteiger partial charge in [0.25, 0.3) is 0 Å². The molecule has 0 saturated heterocycles. The van der Waals surface area contributed by atoms with Crippen molar-refractivity contribution < 1.29 is 44.6 Å². The number of carbonyl (C=O) groups excluding carboxylic acids is 1. The fraction of sp³-hybridized carbons (Fsp3) is 0.462. The Morgan fingerprint density at radius 3 is 2.65 bits per heavy atom. The summed E-state index contributed by atoms with van der Waals surface area (Å²) in [6.45, 7) is 2.14. The van der Waals surface area contributed by atoms with Crippen molar-refractivity contribution in [2.45, 2.75) is 39.0 Å². The van der Waals surface area contributed by atoms with Crippen molar-refractivity contribution in [1.82, 2.24) is 0 Å². The summed E-state index contributed by atoms with van der Waals surface area (Å²) in [5, 5.41) is 19.9. The van der Waals surface area contributed by atoms with E-state index in [4.69, 9.17) is 0 Å². The number of benzene rings is 1. The van der Waals surface area contributed by atoms with Gasteiger partial charge in [-0.3, -0.25) is 0 Å². The van der Waals surface area contributed by atoms with Gasteiger partial charge in [0.15, 0.2) is 0 Å². The molecule has 88 valence electrons. The SMILES string of the molecule is CCCCCc1ccc(O)c(CC(=O)[O-])c1.[Na+]. The van der Waals surface area contributed by atoms with Crippen molar-refractivity contribution in [2.75, 3.05) is 0 Å². The number of carboxylic acid groups (broad SMARTS) is 1. The number of carboxylic acids is 1. The third kappa shape index (κ3) is 6.10. The normalized spacial score (nSPS) is 9.71. The van der Waals surface area contributed by atoms with E-state index in [0.717, 1.165) is 31.2 Å². The summed E-state index contributed by atoms with van der Waals surface area (Å²) in [4.78, 5) is 10.5. The van der Waals surface area contributed by atoms with Gasteiger partial charge in [-0.25, -0.2) is 0 Å². The van der Waals surface area contributed by atoms with Crippen molar-refractivity contribution in [3.8, 4) is 5.75 Å². The van der Waals surface area contributed by atoms with Gasteiger partial charge in [0.1, 0.15) is 5.75 Å². The average molecular weight is 244 g/mol. The zero-order chi connectivity index (χ0) is 12.0. The van der Waals surface area contributed by atoms with Crippen molar-refractivity contribution in [3.05, 3.63) is 29.3 Å². The van der Waals surface area contributed by atoms with Crippen molar-refractivity contribution in [3.63, 3.8) is 0 Å². The van der Waals surface area contributed by atoms with Crippen LogP contribution in [0, 0.1) is 0 Å². The van der Waals surface area contributed by atoms with Crippen LogP contribution < -0.4 is 34.7 Å². The van der Waals surface area contributed by atoms with Gasteiger partial charge >= 0.3 is 29.6 Å². The van der Waals surface area contributed by atoms with E-state index in [1.807, 2.05) is 6.07 Å². The maximum atomic E-state index is 10.5. The van der Waals surface area contributed by atoms with Crippen molar-refractivity contribution >= 4 is 5.97 Å². The van der Waals surface area contributed by atoms with Crippen LogP contribution in [0.1, 0.15) is 37.3 Å². The van der Waals surface area contributed by atoms with Gasteiger partial charge < -0.3 is 15.0 Å². The van der Waals surface area contributed by atoms with Gasteiger partial charge in [0.05, 0.1) is 0 Å². The predicted octanol–water partition coefficient (Wildman–Crippen LogP) is -1.58. The van der Waals surface area contributed by atoms with Gasteiger partial charge in [-0.1, -0.05) is 31.9 Å². The maximum Gasteiger partial charge on any atom is 1.00 e. The van der Waals surface area contributed by atoms with Crippen LogP contribution in [0.3, 0.4) is 0 Å². The number of aromatic hydroxyl groups is 1. The van der Waals surface area contributed by atoms with Crippen LogP contribution in [0.4, 0.5) is 0 Å². The zero-order valence-electron chi connectivity index (χ0n) is 10.5. The molecule has 0 amide bonds. The average Bonchev–Trinajstić information content (AvgIpc) is 2.22. The Morgan fingerprint density at radius 1 is 1.35 bits per heavy atom. The van der Waals surface area contributed by atoms with Crippen LogP contribution >= 0.6 is 0 Å². The molecule has 1 N–H and O–H groups in total. The first kappa shape index (κ1) is 16.5. The topological polar surface area (TPSA) is 60.4 Å². The molecule has 1 aromatic carbocycles. The molecule has 1 rings (SSSR count). The molecule has 0 bridgehead atoms. The standard InChI is InChI=1S/C13H18O3.Na/c1-2-3-4-5-10-6-7-12(14)11(8-10)9-13(15)16;/h6-8,14H,2-5,9H2,1H3,(H,15,16);/q;+1/p-1. The number of phenolic OH excluding ortho intramolecular Hbond substituents is 1. The van der Waals surface area contributed by atoms with Crippen LogP contribution in [-0.4, -0.2) is 11.1 Å². The van der Waals surface area contributed by atoms with Gasteiger partial charge in [-0.15, -0.1) is 0 Å². The minimum absolute atomic E-state index is 0. The zero-order valence-corrected chi connectivity index (χ0v) is 12.5. The first-order valence-electron chi connectivity index (χ1n) is 5.64. The van der Waals surface area contributed by atoms with E-state index in [1.165, 1.54) is 0 Å². The van der Waals surface area contributed by atoms with Crippen LogP contribution in [0.25, 0.3) is 0 Å². The van der Waals surface area contributed by atoms with Gasteiger partial charge in [-0.2, -0.15) is 0 Å². The first-order valence-corrected chi connectivity index (χ1v) is 5.64. The molecule has 0 spiro atoms. The fourth-order valence-corrected chi connectivity index (χ4v) is 1.67. The summed E-state index contributed by atoms with van der Waals surface area (Å²) in [6.07, 6.45) is 4.11. The molecule has 0 radical (unpaired) electrons. The predicted molar refractivity (Wildman–Crippen MR) is 60.0 cm³/mol. The van der Waals surface area contributed by atoms with Crippen LogP contribution in [0.5, 0.6) is 5.75 Å². The molecule has 0 aliphatic rings. The number of phenols is 1. The molecule has 4 heteroatoms. The second-order valence-electron chi connectivity index (χ2n) is 3.97. The number of aliphatic carboxylic acids is 1. The smallest absolute Gasteiger partial charge is 0.550 e. The fourth-order valence-electron chi connectivity index (χ4n) is 1.67. The number of rotatable bonds is 6. The minimum atomic E-state index is -1.17. The molecule has 3 nitrogen and oxygen atoms in total. The number of unbranched alkanes of at least 4 members (excludes halogenated alkanes) is 2. The minimum Gasteiger partial charge on any atom is -0.550 e. The Kier molecular flexibility index (Phi) is 8.30. The molecule has 0 fully saturated rings. The monoisotopic (exact) mass is 244 g/mol. The quantitative estimate of drug-likeness (QED) is 0.485. The van der Waals surface area contributed by atoms with E-state index in [2.05, 4.69) is 6.92 Å². The Balaban J connectivity index is 0.00000256. The summed E-state index contributed by atoms with van der Waals surface area (Å²) in [5.74, 6) is -1.13. The molecule has 0 heterocycles. The summed E-state index contributed by atoms with van der Waals surface area (Å²) in [7, 11) is 0. The van der Waals surface area contributed by atoms with E-state index in [0.29, 0.717) is 5.56 Å². The number of carbonyl (C=O) groups is 1. The Bertz CT molecular complexity index is 364. The third-order valence-corrected chi connectivity index (χ3v) is 2.55. The van der Waals surface area contributed by atoms with Gasteiger partial charge in [0.2, 0.25) is 0 Å². The van der Waals surface area contributed by atoms with Crippen LogP contribution in [0.15, 0.2) is 18.2 Å². The maximum absolute atomic E-state index is 10.5. The van der Waals surface area contributed by atoms with Gasteiger partial charge in [-0.05, 0) is 30.0 Å². The van der Waals surface area contributed by atoms with E-state index in [9.17, 15) is 15.0 Å². The van der Waals surface area contributed by atoms with E-state index >= 15 is 0 Å². The molecule has 0 aromatic heterocycles. The number of hydrogen-bond acceptors (Lipinski definition) is 3. The van der Waals surface area contributed by atoms with Crippen molar-refractivity contribution in [2.24, 2.45) is 0 Å². The third-order valence-electron chi connectivity index (χ3n) is 2.55. The van der Waals surface area contributed by atoms with E-state index in [-0.39, 0.29) is 41.7 Å². The number of aryl methyl sites for hydroxylation is 1. The Hall–Kier alpha value is -0.510. The number of hydrogen-bond donors (Lipinski definition) is 1. The largest absolute Gasteiger partial charge is 1.00 e. The molecular formula is C13H17NaO3. The molecule has 0 aliphatic carbocycles. The summed E-state index contributed by atoms with van der Waals surface area (Å²) >= 11 is 0. The molecular weight excluding hydrogens is 227 g/mol. The summed E-state index contributed by atoms with van der Waals surface area (Å²) in [6, 6.07) is 5.14. The molecule has 1 aromatic rings. The molecule has 0 atom stereocenters.